The topological polar surface area (TPSA) is 43.6 Å². The van der Waals surface area contributed by atoms with Crippen LogP contribution in [0.25, 0.3) is 5.69 Å². The number of nitrogens with zero attached hydrogens (tertiary/aromatic N) is 4. The molecule has 1 aromatic carbocycles. The van der Waals surface area contributed by atoms with E-state index >= 15 is 0 Å². The van der Waals surface area contributed by atoms with Crippen molar-refractivity contribution in [3.63, 3.8) is 0 Å². The molecule has 0 bridgehead atoms. The minimum atomic E-state index is 0.808. The third-order valence-corrected chi connectivity index (χ3v) is 5.92. The predicted octanol–water partition coefficient (Wildman–Crippen LogP) is 4.40. The van der Waals surface area contributed by atoms with Gasteiger partial charge in [-0.25, -0.2) is 0 Å². The lowest BCUT2D eigenvalue weighted by Gasteiger charge is -2.06. The number of hydrogen-bond acceptors (Lipinski definition) is 5. The third-order valence-electron chi connectivity index (χ3n) is 3.15. The summed E-state index contributed by atoms with van der Waals surface area (Å²) in [6.45, 7) is 4.20. The van der Waals surface area contributed by atoms with E-state index in [-0.39, 0.29) is 0 Å². The highest BCUT2D eigenvalue weighted by atomic mass is 79.9. The van der Waals surface area contributed by atoms with Gasteiger partial charge in [-0.3, -0.25) is 0 Å². The van der Waals surface area contributed by atoms with Crippen LogP contribution in [-0.4, -0.2) is 20.2 Å². The monoisotopic (exact) mass is 380 g/mol. The van der Waals surface area contributed by atoms with Crippen LogP contribution in [0.15, 0.2) is 39.3 Å². The molecule has 108 valence electrons. The zero-order valence-electron chi connectivity index (χ0n) is 11.6. The first-order valence-electron chi connectivity index (χ1n) is 6.36. The highest BCUT2D eigenvalue weighted by Gasteiger charge is 2.10. The van der Waals surface area contributed by atoms with E-state index in [2.05, 4.69) is 69.6 Å². The van der Waals surface area contributed by atoms with Gasteiger partial charge >= 0.3 is 0 Å². The Morgan fingerprint density at radius 2 is 2.05 bits per heavy atom. The molecule has 0 aliphatic rings. The summed E-state index contributed by atoms with van der Waals surface area (Å²) in [5.41, 5.74) is 3.50. The van der Waals surface area contributed by atoms with Crippen molar-refractivity contribution in [2.24, 2.45) is 0 Å². The number of benzene rings is 1. The Kier molecular flexibility index (Phi) is 4.42. The summed E-state index contributed by atoms with van der Waals surface area (Å²) < 4.78 is 2.94. The van der Waals surface area contributed by atoms with Crippen LogP contribution in [0.2, 0.25) is 0 Å². The van der Waals surface area contributed by atoms with Gasteiger partial charge in [-0.1, -0.05) is 17.8 Å². The maximum absolute atomic E-state index is 4.12. The number of aryl methyl sites for hydroxylation is 2. The Bertz CT molecular complexity index is 766. The molecule has 7 heteroatoms. The van der Waals surface area contributed by atoms with Gasteiger partial charge in [-0.2, -0.15) is 4.68 Å². The zero-order chi connectivity index (χ0) is 14.8. The van der Waals surface area contributed by atoms with Crippen molar-refractivity contribution in [2.45, 2.75) is 24.8 Å². The Balaban J connectivity index is 1.81. The van der Waals surface area contributed by atoms with E-state index in [1.165, 1.54) is 16.0 Å². The molecule has 2 heterocycles. The quantitative estimate of drug-likeness (QED) is 0.629. The van der Waals surface area contributed by atoms with Crippen LogP contribution < -0.4 is 0 Å². The van der Waals surface area contributed by atoms with Crippen LogP contribution in [0, 0.1) is 13.8 Å². The van der Waals surface area contributed by atoms with Crippen molar-refractivity contribution in [3.8, 4) is 5.69 Å². The molecular weight excluding hydrogens is 368 g/mol. The molecule has 3 aromatic rings. The first-order valence-corrected chi connectivity index (χ1v) is 8.96. The third kappa shape index (κ3) is 3.36. The summed E-state index contributed by atoms with van der Waals surface area (Å²) in [5.74, 6) is 0.863. The number of aromatic nitrogens is 4. The Morgan fingerprint density at radius 3 is 2.76 bits per heavy atom. The average molecular weight is 381 g/mol. The van der Waals surface area contributed by atoms with Crippen molar-refractivity contribution in [2.75, 3.05) is 0 Å². The average Bonchev–Trinajstić information content (AvgIpc) is 3.08. The molecule has 0 N–H and O–H groups in total. The number of tetrazole rings is 1. The molecule has 21 heavy (non-hydrogen) atoms. The molecule has 0 saturated carbocycles. The van der Waals surface area contributed by atoms with Crippen LogP contribution >= 0.6 is 39.0 Å². The van der Waals surface area contributed by atoms with E-state index in [0.29, 0.717) is 0 Å². The second-order valence-corrected chi connectivity index (χ2v) is 8.13. The van der Waals surface area contributed by atoms with Gasteiger partial charge in [0.25, 0.3) is 0 Å². The van der Waals surface area contributed by atoms with Crippen LogP contribution in [0.5, 0.6) is 0 Å². The molecule has 0 radical (unpaired) electrons. The summed E-state index contributed by atoms with van der Waals surface area (Å²) in [6.07, 6.45) is 0. The van der Waals surface area contributed by atoms with Gasteiger partial charge in [0, 0.05) is 10.6 Å². The van der Waals surface area contributed by atoms with Crippen molar-refractivity contribution < 1.29 is 0 Å². The Hall–Kier alpha value is -1.18. The summed E-state index contributed by atoms with van der Waals surface area (Å²) >= 11 is 6.86. The van der Waals surface area contributed by atoms with Crippen molar-refractivity contribution in [3.05, 3.63) is 50.1 Å². The van der Waals surface area contributed by atoms with Gasteiger partial charge < -0.3 is 0 Å². The molecule has 0 spiro atoms. The molecule has 2 aromatic heterocycles. The highest BCUT2D eigenvalue weighted by molar-refractivity contribution is 9.11. The molecule has 4 nitrogen and oxygen atoms in total. The standard InChI is InChI=1S/C14H13BrN4S2/c1-9-3-4-11(7-10(9)2)19-14(16-17-18-19)20-8-12-5-6-13(15)21-12/h3-7H,8H2,1-2H3. The van der Waals surface area contributed by atoms with Crippen LogP contribution in [-0.2, 0) is 5.75 Å². The van der Waals surface area contributed by atoms with E-state index in [4.69, 9.17) is 0 Å². The summed E-state index contributed by atoms with van der Waals surface area (Å²) in [4.78, 5) is 1.29. The fraction of sp³-hybridized carbons (Fsp3) is 0.214. The van der Waals surface area contributed by atoms with Crippen LogP contribution in [0.1, 0.15) is 16.0 Å². The summed E-state index contributed by atoms with van der Waals surface area (Å²) in [6, 6.07) is 10.4. The van der Waals surface area contributed by atoms with E-state index < -0.39 is 0 Å². The molecule has 0 aliphatic carbocycles. The number of rotatable bonds is 4. The van der Waals surface area contributed by atoms with E-state index in [0.717, 1.165) is 20.4 Å². The second-order valence-electron chi connectivity index (χ2n) is 4.64. The van der Waals surface area contributed by atoms with E-state index in [1.54, 1.807) is 27.8 Å². The van der Waals surface area contributed by atoms with Gasteiger partial charge in [0.05, 0.1) is 9.47 Å². The summed E-state index contributed by atoms with van der Waals surface area (Å²) in [5, 5.41) is 12.8. The normalized spacial score (nSPS) is 11.0. The molecule has 3 rings (SSSR count). The van der Waals surface area contributed by atoms with E-state index in [1.807, 2.05) is 6.07 Å². The van der Waals surface area contributed by atoms with Gasteiger partial charge in [0.2, 0.25) is 5.16 Å². The lowest BCUT2D eigenvalue weighted by Crippen LogP contribution is -2.00. The van der Waals surface area contributed by atoms with Gasteiger partial charge in [-0.15, -0.1) is 16.4 Å². The lowest BCUT2D eigenvalue weighted by atomic mass is 10.1. The largest absolute Gasteiger partial charge is 0.214 e. The van der Waals surface area contributed by atoms with Gasteiger partial charge in [-0.05, 0) is 75.6 Å². The second kappa shape index (κ2) is 6.29. The fourth-order valence-corrected chi connectivity index (χ4v) is 4.27. The van der Waals surface area contributed by atoms with Crippen LogP contribution in [0.3, 0.4) is 0 Å². The molecule has 0 saturated heterocycles. The fourth-order valence-electron chi connectivity index (χ4n) is 1.85. The number of thioether (sulfide) groups is 1. The minimum Gasteiger partial charge on any atom is -0.187 e. The maximum atomic E-state index is 4.12. The highest BCUT2D eigenvalue weighted by Crippen LogP contribution is 2.29. The van der Waals surface area contributed by atoms with Crippen LogP contribution in [0.4, 0.5) is 0 Å². The first-order chi connectivity index (χ1) is 10.1. The SMILES string of the molecule is Cc1ccc(-n2nnnc2SCc2ccc(Br)s2)cc1C. The van der Waals surface area contributed by atoms with Crippen molar-refractivity contribution >= 4 is 39.0 Å². The van der Waals surface area contributed by atoms with Crippen molar-refractivity contribution in [1.82, 2.24) is 20.2 Å². The molecule has 0 atom stereocenters. The molecule has 0 amide bonds. The lowest BCUT2D eigenvalue weighted by molar-refractivity contribution is 0.755. The molecular formula is C14H13BrN4S2. The number of hydrogen-bond donors (Lipinski definition) is 0. The number of halogens is 1. The molecule has 0 fully saturated rings. The molecule has 0 aliphatic heterocycles. The Labute approximate surface area is 139 Å². The molecule has 0 unspecified atom stereocenters. The Morgan fingerprint density at radius 1 is 1.19 bits per heavy atom. The predicted molar refractivity (Wildman–Crippen MR) is 90.2 cm³/mol. The smallest absolute Gasteiger partial charge is 0.187 e. The van der Waals surface area contributed by atoms with Gasteiger partial charge in [0.1, 0.15) is 0 Å². The minimum absolute atomic E-state index is 0.808. The first kappa shape index (κ1) is 14.7. The zero-order valence-corrected chi connectivity index (χ0v) is 14.8. The van der Waals surface area contributed by atoms with E-state index in [9.17, 15) is 0 Å². The van der Waals surface area contributed by atoms with Gasteiger partial charge in [0.15, 0.2) is 0 Å². The maximum Gasteiger partial charge on any atom is 0.214 e. The summed E-state index contributed by atoms with van der Waals surface area (Å²) in [7, 11) is 0. The van der Waals surface area contributed by atoms with Crippen molar-refractivity contribution in [1.29, 1.82) is 0 Å². The number of thiophene rings is 1.